The Hall–Kier alpha value is -3.57. The van der Waals surface area contributed by atoms with Crippen molar-refractivity contribution < 1.29 is 17.9 Å². The molecule has 0 saturated heterocycles. The highest BCUT2D eigenvalue weighted by atomic mass is 32.2. The summed E-state index contributed by atoms with van der Waals surface area (Å²) in [7, 11) is -2.01. The predicted molar refractivity (Wildman–Crippen MR) is 129 cm³/mol. The number of benzene rings is 3. The summed E-state index contributed by atoms with van der Waals surface area (Å²) in [4.78, 5) is 0.217. The van der Waals surface area contributed by atoms with Crippen LogP contribution in [0.25, 0.3) is 11.1 Å². The van der Waals surface area contributed by atoms with Gasteiger partial charge in [0.1, 0.15) is 17.3 Å². The van der Waals surface area contributed by atoms with Crippen molar-refractivity contribution in [2.45, 2.75) is 18.7 Å². The van der Waals surface area contributed by atoms with E-state index in [1.807, 2.05) is 62.4 Å². The molecule has 164 valence electrons. The zero-order chi connectivity index (χ0) is 23.1. The van der Waals surface area contributed by atoms with Crippen molar-refractivity contribution in [3.8, 4) is 22.6 Å². The number of rotatable bonds is 8. The lowest BCUT2D eigenvalue weighted by atomic mass is 10.1. The molecular weight excluding hydrogens is 420 g/mol. The van der Waals surface area contributed by atoms with Crippen molar-refractivity contribution in [1.82, 2.24) is 0 Å². The van der Waals surface area contributed by atoms with Crippen LogP contribution in [-0.2, 0) is 9.84 Å². The van der Waals surface area contributed by atoms with Crippen LogP contribution in [0.1, 0.15) is 12.5 Å². The molecule has 3 aromatic carbocycles. The summed E-state index contributed by atoms with van der Waals surface area (Å²) < 4.78 is 36.5. The van der Waals surface area contributed by atoms with Gasteiger partial charge in [0.15, 0.2) is 0 Å². The van der Waals surface area contributed by atoms with Crippen molar-refractivity contribution in [2.24, 2.45) is 0 Å². The molecule has 0 atom stereocenters. The molecule has 0 unspecified atom stereocenters. The standard InChI is InChI=1S/C27H26O4S/c1-5-24(13-8-21(3)32(28,29)27-18-6-20(2)7-19-27)31-26-16-11-23(12-17-26)22-9-14-25(30-4)15-10-22/h5-19H,3H2,1-2,4H3/b13-8-,24-5+. The Kier molecular flexibility index (Phi) is 7.33. The molecule has 0 saturated carbocycles. The molecule has 0 fully saturated rings. The van der Waals surface area contributed by atoms with E-state index in [9.17, 15) is 8.42 Å². The lowest BCUT2D eigenvalue weighted by molar-refractivity contribution is 0.415. The Balaban J connectivity index is 1.69. The number of allylic oxidation sites excluding steroid dienone is 3. The predicted octanol–water partition coefficient (Wildman–Crippen LogP) is 6.50. The van der Waals surface area contributed by atoms with Crippen LogP contribution in [-0.4, -0.2) is 15.5 Å². The molecule has 32 heavy (non-hydrogen) atoms. The summed E-state index contributed by atoms with van der Waals surface area (Å²) in [5, 5.41) is 0. The first-order valence-electron chi connectivity index (χ1n) is 10.1. The summed E-state index contributed by atoms with van der Waals surface area (Å²) in [6.07, 6.45) is 4.82. The largest absolute Gasteiger partial charge is 0.497 e. The molecule has 0 radical (unpaired) electrons. The third kappa shape index (κ3) is 5.56. The molecule has 0 aliphatic heterocycles. The minimum absolute atomic E-state index is 0.000781. The van der Waals surface area contributed by atoms with Gasteiger partial charge in [-0.05, 0) is 79.6 Å². The van der Waals surface area contributed by atoms with E-state index in [-0.39, 0.29) is 9.80 Å². The fraction of sp³-hybridized carbons (Fsp3) is 0.111. The quantitative estimate of drug-likeness (QED) is 0.293. The SMILES string of the molecule is C=C(/C=C\C(=C/C)Oc1ccc(-c2ccc(OC)cc2)cc1)S(=O)(=O)c1ccc(C)cc1. The summed E-state index contributed by atoms with van der Waals surface area (Å²) in [6, 6.07) is 22.2. The maximum Gasteiger partial charge on any atom is 0.206 e. The molecule has 0 N–H and O–H groups in total. The van der Waals surface area contributed by atoms with Crippen LogP contribution >= 0.6 is 0 Å². The van der Waals surface area contributed by atoms with Crippen LogP contribution in [0, 0.1) is 6.92 Å². The average Bonchev–Trinajstić information content (AvgIpc) is 2.82. The molecule has 3 rings (SSSR count). The highest BCUT2D eigenvalue weighted by Gasteiger charge is 2.16. The summed E-state index contributed by atoms with van der Waals surface area (Å²) in [6.45, 7) is 7.46. The maximum absolute atomic E-state index is 12.7. The first kappa shape index (κ1) is 23.1. The fourth-order valence-corrected chi connectivity index (χ4v) is 4.00. The van der Waals surface area contributed by atoms with Crippen molar-refractivity contribution in [2.75, 3.05) is 7.11 Å². The minimum atomic E-state index is -3.65. The molecule has 0 spiro atoms. The van der Waals surface area contributed by atoms with Crippen molar-refractivity contribution in [1.29, 1.82) is 0 Å². The number of sulfone groups is 1. The zero-order valence-electron chi connectivity index (χ0n) is 18.4. The maximum atomic E-state index is 12.7. The van der Waals surface area contributed by atoms with Gasteiger partial charge in [-0.15, -0.1) is 0 Å². The highest BCUT2D eigenvalue weighted by Crippen LogP contribution is 2.26. The van der Waals surface area contributed by atoms with Gasteiger partial charge < -0.3 is 9.47 Å². The summed E-state index contributed by atoms with van der Waals surface area (Å²) >= 11 is 0. The molecule has 0 aliphatic carbocycles. The van der Waals surface area contributed by atoms with E-state index in [0.717, 1.165) is 22.4 Å². The van der Waals surface area contributed by atoms with Crippen LogP contribution in [0.15, 0.2) is 113 Å². The average molecular weight is 447 g/mol. The topological polar surface area (TPSA) is 52.6 Å². The third-order valence-corrected chi connectivity index (χ3v) is 6.63. The Labute approximate surface area is 190 Å². The van der Waals surface area contributed by atoms with Gasteiger partial charge in [0.05, 0.1) is 16.9 Å². The smallest absolute Gasteiger partial charge is 0.206 e. The van der Waals surface area contributed by atoms with Crippen molar-refractivity contribution in [3.05, 3.63) is 114 Å². The normalized spacial score (nSPS) is 12.0. The first-order chi connectivity index (χ1) is 15.3. The number of aryl methyl sites for hydroxylation is 1. The molecule has 0 heterocycles. The van der Waals surface area contributed by atoms with Gasteiger partial charge in [0.25, 0.3) is 0 Å². The van der Waals surface area contributed by atoms with Gasteiger partial charge in [0, 0.05) is 0 Å². The van der Waals surface area contributed by atoms with Crippen molar-refractivity contribution >= 4 is 9.84 Å². The van der Waals surface area contributed by atoms with E-state index in [0.29, 0.717) is 11.5 Å². The number of hydrogen-bond acceptors (Lipinski definition) is 4. The first-order valence-corrected chi connectivity index (χ1v) is 11.6. The van der Waals surface area contributed by atoms with E-state index in [4.69, 9.17) is 9.47 Å². The minimum Gasteiger partial charge on any atom is -0.497 e. The second-order valence-electron chi connectivity index (χ2n) is 7.16. The molecule has 0 amide bonds. The van der Waals surface area contributed by atoms with E-state index < -0.39 is 9.84 Å². The Bertz CT molecular complexity index is 1230. The van der Waals surface area contributed by atoms with Gasteiger partial charge in [-0.3, -0.25) is 0 Å². The Morgan fingerprint density at radius 2 is 1.34 bits per heavy atom. The lowest BCUT2D eigenvalue weighted by Gasteiger charge is -2.09. The summed E-state index contributed by atoms with van der Waals surface area (Å²) in [5.41, 5.74) is 3.11. The van der Waals surface area contributed by atoms with Crippen LogP contribution in [0.3, 0.4) is 0 Å². The van der Waals surface area contributed by atoms with Crippen molar-refractivity contribution in [3.63, 3.8) is 0 Å². The fourth-order valence-electron chi connectivity index (χ4n) is 2.96. The summed E-state index contributed by atoms with van der Waals surface area (Å²) in [5.74, 6) is 1.97. The molecule has 0 bridgehead atoms. The van der Waals surface area contributed by atoms with Crippen LogP contribution in [0.5, 0.6) is 11.5 Å². The molecule has 5 heteroatoms. The monoisotopic (exact) mass is 446 g/mol. The number of methoxy groups -OCH3 is 1. The molecular formula is C27H26O4S. The van der Waals surface area contributed by atoms with Gasteiger partial charge in [-0.2, -0.15) is 0 Å². The molecule has 3 aromatic rings. The van der Waals surface area contributed by atoms with E-state index in [1.165, 1.54) is 6.08 Å². The Morgan fingerprint density at radius 1 is 0.812 bits per heavy atom. The Morgan fingerprint density at radius 3 is 1.84 bits per heavy atom. The van der Waals surface area contributed by atoms with Gasteiger partial charge >= 0.3 is 0 Å². The molecule has 0 aromatic heterocycles. The molecule has 0 aliphatic rings. The van der Waals surface area contributed by atoms with Gasteiger partial charge in [0.2, 0.25) is 9.84 Å². The number of ether oxygens (including phenoxy) is 2. The van der Waals surface area contributed by atoms with E-state index in [1.54, 1.807) is 43.5 Å². The molecule has 4 nitrogen and oxygen atoms in total. The van der Waals surface area contributed by atoms with E-state index >= 15 is 0 Å². The second kappa shape index (κ2) is 10.2. The van der Waals surface area contributed by atoms with Gasteiger partial charge in [-0.25, -0.2) is 8.42 Å². The van der Waals surface area contributed by atoms with Crippen LogP contribution < -0.4 is 9.47 Å². The zero-order valence-corrected chi connectivity index (χ0v) is 19.2. The second-order valence-corrected chi connectivity index (χ2v) is 9.16. The lowest BCUT2D eigenvalue weighted by Crippen LogP contribution is -2.02. The van der Waals surface area contributed by atoms with Gasteiger partial charge in [-0.1, -0.05) is 48.5 Å². The van der Waals surface area contributed by atoms with E-state index in [2.05, 4.69) is 6.58 Å². The number of hydrogen-bond donors (Lipinski definition) is 0. The highest BCUT2D eigenvalue weighted by molar-refractivity contribution is 7.95. The van der Waals surface area contributed by atoms with Crippen LogP contribution in [0.2, 0.25) is 0 Å². The third-order valence-electron chi connectivity index (χ3n) is 4.91. The van der Waals surface area contributed by atoms with Crippen LogP contribution in [0.4, 0.5) is 0 Å².